The minimum absolute atomic E-state index is 0. The number of hydrogen-bond donors (Lipinski definition) is 0. The van der Waals surface area contributed by atoms with Crippen molar-refractivity contribution in [3.8, 4) is 22.4 Å². The molecular formula is C37H31IrN2OS. The van der Waals surface area contributed by atoms with Crippen LogP contribution in [0.2, 0.25) is 0 Å². The van der Waals surface area contributed by atoms with E-state index in [-0.39, 0.29) is 20.1 Å². The Labute approximate surface area is 267 Å². The summed E-state index contributed by atoms with van der Waals surface area (Å²) in [4.78, 5) is 9.57. The molecule has 0 bridgehead atoms. The molecule has 42 heavy (non-hydrogen) atoms. The Morgan fingerprint density at radius 1 is 0.905 bits per heavy atom. The number of aromatic nitrogens is 2. The summed E-state index contributed by atoms with van der Waals surface area (Å²) in [5, 5.41) is 3.00. The number of aryl methyl sites for hydroxylation is 2. The summed E-state index contributed by atoms with van der Waals surface area (Å²) in [6, 6.07) is 35.6. The second-order valence-corrected chi connectivity index (χ2v) is 12.2. The Bertz CT molecular complexity index is 2060. The average molecular weight is 746 g/mol. The van der Waals surface area contributed by atoms with Gasteiger partial charge in [-0.2, -0.15) is 41.2 Å². The van der Waals surface area contributed by atoms with Crippen molar-refractivity contribution < 1.29 is 27.3 Å². The number of furan rings is 1. The van der Waals surface area contributed by atoms with E-state index in [0.29, 0.717) is 5.71 Å². The third-order valence-electron chi connectivity index (χ3n) is 6.55. The van der Waals surface area contributed by atoms with Crippen molar-refractivity contribution in [2.75, 3.05) is 0 Å². The molecule has 3 nitrogen and oxygen atoms in total. The third-order valence-corrected chi connectivity index (χ3v) is 7.56. The summed E-state index contributed by atoms with van der Waals surface area (Å²) in [6.07, 6.45) is 0.460. The van der Waals surface area contributed by atoms with Crippen molar-refractivity contribution in [3.05, 3.63) is 119 Å². The summed E-state index contributed by atoms with van der Waals surface area (Å²) < 4.78 is 24.3. The van der Waals surface area contributed by atoms with E-state index in [9.17, 15) is 0 Å². The Balaban J connectivity index is 0.000000230. The van der Waals surface area contributed by atoms with Gasteiger partial charge in [-0.3, -0.25) is 0 Å². The number of nitrogens with zero attached hydrogens (tertiary/aromatic N) is 2. The molecule has 4 heterocycles. The van der Waals surface area contributed by atoms with Crippen LogP contribution in [0.5, 0.6) is 0 Å². The monoisotopic (exact) mass is 746 g/mol. The van der Waals surface area contributed by atoms with Crippen molar-refractivity contribution in [1.29, 1.82) is 0 Å². The second kappa shape index (κ2) is 12.3. The van der Waals surface area contributed by atoms with Gasteiger partial charge in [0.25, 0.3) is 0 Å². The Morgan fingerprint density at radius 3 is 2.50 bits per heavy atom. The van der Waals surface area contributed by atoms with Crippen LogP contribution in [0.3, 0.4) is 0 Å². The zero-order chi connectivity index (χ0) is 30.4. The maximum Gasteiger partial charge on any atom is 3.00 e. The Hall–Kier alpha value is -3.63. The molecule has 4 aromatic heterocycles. The third kappa shape index (κ3) is 6.55. The molecule has 210 valence electrons. The van der Waals surface area contributed by atoms with Gasteiger partial charge in [-0.1, -0.05) is 54.4 Å². The summed E-state index contributed by atoms with van der Waals surface area (Å²) in [5.74, 6) is 0. The molecule has 0 aliphatic carbocycles. The minimum Gasteiger partial charge on any atom is -0.496 e. The largest absolute Gasteiger partial charge is 3.00 e. The average Bonchev–Trinajstić information content (AvgIpc) is 3.59. The molecule has 0 radical (unpaired) electrons. The van der Waals surface area contributed by atoms with E-state index in [0.717, 1.165) is 59.4 Å². The molecule has 0 aliphatic heterocycles. The number of fused-ring (bicyclic) bond motifs is 4. The van der Waals surface area contributed by atoms with Crippen molar-refractivity contribution >= 4 is 43.5 Å². The Morgan fingerprint density at radius 2 is 1.76 bits per heavy atom. The van der Waals surface area contributed by atoms with Crippen LogP contribution in [0.4, 0.5) is 0 Å². The van der Waals surface area contributed by atoms with Gasteiger partial charge in [-0.25, -0.2) is 10.5 Å². The fourth-order valence-electron chi connectivity index (χ4n) is 4.64. The van der Waals surface area contributed by atoms with Crippen LogP contribution >= 0.6 is 11.3 Å². The zero-order valence-corrected chi connectivity index (χ0v) is 27.3. The van der Waals surface area contributed by atoms with Crippen LogP contribution in [-0.2, 0) is 26.5 Å². The maximum atomic E-state index is 8.59. The van der Waals surface area contributed by atoms with Crippen LogP contribution in [-0.4, -0.2) is 9.97 Å². The van der Waals surface area contributed by atoms with Crippen molar-refractivity contribution in [2.24, 2.45) is 5.41 Å². The first-order valence-corrected chi connectivity index (χ1v) is 14.4. The zero-order valence-electron chi connectivity index (χ0n) is 26.1. The quantitative estimate of drug-likeness (QED) is 0.169. The molecule has 7 aromatic rings. The molecule has 0 spiro atoms. The maximum absolute atomic E-state index is 8.59. The first-order chi connectivity index (χ1) is 20.5. The molecule has 0 N–H and O–H groups in total. The van der Waals surface area contributed by atoms with Gasteiger partial charge in [0.2, 0.25) is 5.71 Å². The molecule has 0 atom stereocenters. The predicted octanol–water partition coefficient (Wildman–Crippen LogP) is 10.2. The van der Waals surface area contributed by atoms with Gasteiger partial charge < -0.3 is 9.40 Å². The number of rotatable bonds is 3. The Kier molecular flexibility index (Phi) is 7.98. The smallest absolute Gasteiger partial charge is 0.496 e. The van der Waals surface area contributed by atoms with E-state index in [4.69, 9.17) is 7.16 Å². The molecule has 0 unspecified atom stereocenters. The molecule has 5 heteroatoms. The molecule has 0 aliphatic rings. The van der Waals surface area contributed by atoms with Crippen LogP contribution < -0.4 is 0 Å². The first kappa shape index (κ1) is 27.2. The summed E-state index contributed by atoms with van der Waals surface area (Å²) in [7, 11) is 0. The number of thiophene rings is 1. The normalized spacial score (nSPS) is 12.4. The van der Waals surface area contributed by atoms with Gasteiger partial charge in [0.15, 0.2) is 0 Å². The number of hydrogen-bond acceptors (Lipinski definition) is 4. The van der Waals surface area contributed by atoms with Gasteiger partial charge in [-0.05, 0) is 53.9 Å². The van der Waals surface area contributed by atoms with Gasteiger partial charge in [0, 0.05) is 25.6 Å². The van der Waals surface area contributed by atoms with E-state index in [1.807, 2.05) is 108 Å². The molecule has 0 saturated carbocycles. The summed E-state index contributed by atoms with van der Waals surface area (Å²) >= 11 is 1.50. The SMILES string of the molecule is Cc1ccc(-c2[c-]cccc2)nc1.[2H]C([2H])(c1cc2c[c-]c(-c3[c-]ccc4c3oc3nc(C)ccc34)cc2s1)C(C)(C)C.[Ir+3]. The van der Waals surface area contributed by atoms with Crippen LogP contribution in [0, 0.1) is 37.5 Å². The van der Waals surface area contributed by atoms with E-state index in [2.05, 4.69) is 40.3 Å². The fraction of sp³-hybridized carbons (Fsp3) is 0.189. The molecule has 3 aromatic carbocycles. The van der Waals surface area contributed by atoms with Gasteiger partial charge >= 0.3 is 20.1 Å². The second-order valence-electron chi connectivity index (χ2n) is 11.2. The summed E-state index contributed by atoms with van der Waals surface area (Å²) in [5.41, 5.74) is 6.74. The molecule has 0 fully saturated rings. The van der Waals surface area contributed by atoms with Crippen molar-refractivity contribution in [3.63, 3.8) is 0 Å². The molecule has 0 saturated heterocycles. The van der Waals surface area contributed by atoms with E-state index >= 15 is 0 Å². The minimum atomic E-state index is -1.41. The molecular weight excluding hydrogens is 713 g/mol. The standard InChI is InChI=1S/C25H21NOS.C12H10N.Ir/c1-15-8-11-21-20-7-5-6-19(23(20)27-24(21)26-15)16-9-10-17-12-18(14-25(2,3)4)28-22(17)13-16;1-10-7-8-12(13-9-10)11-5-3-2-4-6-11;/h5,7-8,10-13H,14H2,1-4H3;2-5,7-9H,1H3;/q-2;-1;+3/i14D2;;. The summed E-state index contributed by atoms with van der Waals surface area (Å²) in [6.45, 7) is 9.78. The van der Waals surface area contributed by atoms with Crippen LogP contribution in [0.15, 0.2) is 89.5 Å². The topological polar surface area (TPSA) is 38.9 Å². The molecule has 0 amide bonds. The first-order valence-electron chi connectivity index (χ1n) is 14.6. The number of benzene rings is 3. The van der Waals surface area contributed by atoms with Crippen LogP contribution in [0.1, 0.15) is 39.6 Å². The van der Waals surface area contributed by atoms with E-state index < -0.39 is 11.8 Å². The predicted molar refractivity (Wildman–Crippen MR) is 171 cm³/mol. The van der Waals surface area contributed by atoms with Crippen molar-refractivity contribution in [1.82, 2.24) is 9.97 Å². The van der Waals surface area contributed by atoms with Gasteiger partial charge in [-0.15, -0.1) is 48.0 Å². The van der Waals surface area contributed by atoms with Gasteiger partial charge in [0.1, 0.15) is 0 Å². The van der Waals surface area contributed by atoms with E-state index in [1.54, 1.807) is 0 Å². The fourth-order valence-corrected chi connectivity index (χ4v) is 5.84. The van der Waals surface area contributed by atoms with Crippen LogP contribution in [0.25, 0.3) is 54.5 Å². The van der Waals surface area contributed by atoms with Crippen molar-refractivity contribution in [2.45, 2.75) is 41.0 Å². The number of pyridine rings is 2. The van der Waals surface area contributed by atoms with E-state index in [1.165, 1.54) is 16.9 Å². The van der Waals surface area contributed by atoms with Gasteiger partial charge in [0.05, 0.1) is 0 Å². The molecule has 7 rings (SSSR count).